The van der Waals surface area contributed by atoms with Gasteiger partial charge in [-0.25, -0.2) is 17.6 Å². The summed E-state index contributed by atoms with van der Waals surface area (Å²) in [5, 5.41) is -11.3. The van der Waals surface area contributed by atoms with Crippen LogP contribution in [0.25, 0.3) is 0 Å². The van der Waals surface area contributed by atoms with E-state index in [-0.39, 0.29) is 38.3 Å². The zero-order chi connectivity index (χ0) is 17.2. The van der Waals surface area contributed by atoms with Crippen LogP contribution in [0.1, 0.15) is 0 Å². The van der Waals surface area contributed by atoms with Gasteiger partial charge in [-0.15, -0.1) is 0 Å². The number of hydrogen-bond donors (Lipinski definition) is 0. The summed E-state index contributed by atoms with van der Waals surface area (Å²) in [5.74, 6) is 0. The van der Waals surface area contributed by atoms with Crippen molar-refractivity contribution in [3.63, 3.8) is 0 Å². The molecule has 0 aromatic heterocycles. The number of alkyl halides is 10. The van der Waals surface area contributed by atoms with Gasteiger partial charge in [0.05, 0.1) is 0 Å². The second-order valence-electron chi connectivity index (χ2n) is 2.50. The Morgan fingerprint density at radius 2 is 0.636 bits per heavy atom. The van der Waals surface area contributed by atoms with Crippen LogP contribution in [0.15, 0.2) is 0 Å². The summed E-state index contributed by atoms with van der Waals surface area (Å²) in [4.78, 5) is 0. The third-order valence-corrected chi connectivity index (χ3v) is 2.38. The summed E-state index contributed by atoms with van der Waals surface area (Å²) in [6, 6.07) is 0. The van der Waals surface area contributed by atoms with E-state index in [0.717, 1.165) is 0 Å². The molecule has 0 saturated heterocycles. The van der Waals surface area contributed by atoms with Gasteiger partial charge in [0.2, 0.25) is 0 Å². The van der Waals surface area contributed by atoms with Crippen LogP contribution in [0.4, 0.5) is 43.9 Å². The molecule has 0 aromatic carbocycles. The Morgan fingerprint density at radius 1 is 0.500 bits per heavy atom. The van der Waals surface area contributed by atoms with Crippen molar-refractivity contribution in [1.82, 2.24) is 0 Å². The Labute approximate surface area is 143 Å². The summed E-state index contributed by atoms with van der Waals surface area (Å²) in [5.41, 5.74) is 0. The molecular formula is C4F10LiO4RuS2. The van der Waals surface area contributed by atoms with Gasteiger partial charge in [-0.2, -0.15) is 26.3 Å². The van der Waals surface area contributed by atoms with Crippen LogP contribution < -0.4 is 0 Å². The van der Waals surface area contributed by atoms with E-state index in [1.807, 2.05) is 0 Å². The topological polar surface area (TPSA) is 68.3 Å². The molecule has 0 unspecified atom stereocenters. The van der Waals surface area contributed by atoms with Crippen molar-refractivity contribution in [2.24, 2.45) is 0 Å². The molecule has 4 nitrogen and oxygen atoms in total. The van der Waals surface area contributed by atoms with Crippen LogP contribution in [0.3, 0.4) is 0 Å². The van der Waals surface area contributed by atoms with Crippen LogP contribution in [0.5, 0.6) is 0 Å². The first-order valence-corrected chi connectivity index (χ1v) is 5.61. The van der Waals surface area contributed by atoms with Gasteiger partial charge in [0.15, 0.2) is 0 Å². The molecule has 0 saturated carbocycles. The summed E-state index contributed by atoms with van der Waals surface area (Å²) < 4.78 is 148. The summed E-state index contributed by atoms with van der Waals surface area (Å²) in [7, 11) is -8.91. The number of hydrogen-bond acceptors (Lipinski definition) is 6. The second kappa shape index (κ2) is 9.65. The predicted octanol–water partition coefficient (Wildman–Crippen LogP) is 2.52. The van der Waals surface area contributed by atoms with Crippen molar-refractivity contribution < 1.29 is 80.2 Å². The zero-order valence-electron chi connectivity index (χ0n) is 9.58. The van der Waals surface area contributed by atoms with Gasteiger partial charge in [-0.1, -0.05) is 0 Å². The minimum absolute atomic E-state index is 0. The standard InChI is InChI=1S/2C2F5O2S.Li.Ru/c2*3-1(4,5)2(6,7)10(8)9;;/q2*-1;;+2. The zero-order valence-corrected chi connectivity index (χ0v) is 13.0. The Hall–Kier alpha value is 0.421. The second-order valence-corrected chi connectivity index (χ2v) is 4.46. The summed E-state index contributed by atoms with van der Waals surface area (Å²) in [6.45, 7) is 0. The molecule has 0 aliphatic rings. The third-order valence-electron chi connectivity index (χ3n) is 1.08. The molecule has 0 rings (SSSR count). The fraction of sp³-hybridized carbons (Fsp3) is 1.00. The van der Waals surface area contributed by atoms with Crippen molar-refractivity contribution in [3.05, 3.63) is 0 Å². The molecule has 0 spiro atoms. The molecule has 0 aliphatic heterocycles. The van der Waals surface area contributed by atoms with Gasteiger partial charge in [0.25, 0.3) is 0 Å². The molecule has 1 radical (unpaired) electrons. The van der Waals surface area contributed by atoms with Crippen molar-refractivity contribution >= 4 is 40.3 Å². The Morgan fingerprint density at radius 3 is 0.636 bits per heavy atom. The van der Waals surface area contributed by atoms with E-state index >= 15 is 0 Å². The molecule has 0 amide bonds. The first-order valence-electron chi connectivity index (χ1n) is 3.46. The average molecular weight is 474 g/mol. The largest absolute Gasteiger partial charge is 2.00 e. The van der Waals surface area contributed by atoms with E-state index in [0.29, 0.717) is 0 Å². The van der Waals surface area contributed by atoms with Gasteiger partial charge < -0.3 is 16.8 Å². The van der Waals surface area contributed by atoms with Crippen molar-refractivity contribution in [2.75, 3.05) is 0 Å². The molecule has 0 heterocycles. The third kappa shape index (κ3) is 8.32. The molecule has 0 aliphatic carbocycles. The molecule has 18 heteroatoms. The minimum atomic E-state index is -6.03. The Balaban J connectivity index is -0.000000135. The SMILES string of the molecule is O=[S-](=O)C(F)(F)C(F)(F)F.O=[S-](=O)C(F)(F)C(F)(F)F.[Li].[Ru+2]. The average Bonchev–Trinajstić information content (AvgIpc) is 2.14. The monoisotopic (exact) mass is 475 g/mol. The van der Waals surface area contributed by atoms with E-state index < -0.39 is 44.3 Å². The molecule has 0 N–H and O–H groups in total. The number of rotatable bonds is 2. The van der Waals surface area contributed by atoms with Gasteiger partial charge in [-0.3, -0.25) is 0 Å². The van der Waals surface area contributed by atoms with Gasteiger partial charge >= 0.3 is 42.3 Å². The van der Waals surface area contributed by atoms with E-state index in [4.69, 9.17) is 0 Å². The minimum Gasteiger partial charge on any atom is -0.418 e. The normalized spacial score (nSPS) is 12.9. The maximum atomic E-state index is 11.3. The van der Waals surface area contributed by atoms with E-state index in [1.54, 1.807) is 0 Å². The van der Waals surface area contributed by atoms with Crippen LogP contribution in [0.2, 0.25) is 0 Å². The fourth-order valence-electron chi connectivity index (χ4n) is 0.189. The molecule has 131 valence electrons. The molecule has 0 aromatic rings. The molecular weight excluding hydrogens is 474 g/mol. The van der Waals surface area contributed by atoms with Crippen LogP contribution >= 0.6 is 0 Å². The first kappa shape index (κ1) is 30.3. The van der Waals surface area contributed by atoms with Crippen molar-refractivity contribution in [3.8, 4) is 0 Å². The maximum absolute atomic E-state index is 11.3. The smallest absolute Gasteiger partial charge is 0.418 e. The molecule has 22 heavy (non-hydrogen) atoms. The van der Waals surface area contributed by atoms with Crippen LogP contribution in [-0.4, -0.2) is 41.7 Å². The fourth-order valence-corrected chi connectivity index (χ4v) is 0.567. The van der Waals surface area contributed by atoms with E-state index in [1.165, 1.54) is 0 Å². The molecule has 0 atom stereocenters. The van der Waals surface area contributed by atoms with Crippen LogP contribution in [-0.2, 0) is 57.7 Å². The number of halogens is 10. The van der Waals surface area contributed by atoms with E-state index in [2.05, 4.69) is 0 Å². The predicted molar refractivity (Wildman–Crippen MR) is 45.2 cm³/mol. The van der Waals surface area contributed by atoms with Crippen molar-refractivity contribution in [1.29, 1.82) is 0 Å². The van der Waals surface area contributed by atoms with Gasteiger partial charge in [0.1, 0.15) is 0 Å². The Bertz CT molecular complexity index is 420. The molecule has 0 bridgehead atoms. The quantitative estimate of drug-likeness (QED) is 0.351. The summed E-state index contributed by atoms with van der Waals surface area (Å²) >= 11 is 0. The van der Waals surface area contributed by atoms with Crippen LogP contribution in [0, 0.1) is 0 Å². The van der Waals surface area contributed by atoms with E-state index in [9.17, 15) is 60.7 Å². The van der Waals surface area contributed by atoms with Crippen molar-refractivity contribution in [2.45, 2.75) is 22.9 Å². The van der Waals surface area contributed by atoms with Gasteiger partial charge in [0, 0.05) is 40.3 Å². The van der Waals surface area contributed by atoms with Gasteiger partial charge in [-0.05, 0) is 0 Å². The first-order chi connectivity index (χ1) is 8.39. The Kier molecular flexibility index (Phi) is 13.3. The molecule has 0 fully saturated rings. The maximum Gasteiger partial charge on any atom is 2.00 e. The summed E-state index contributed by atoms with van der Waals surface area (Å²) in [6.07, 6.45) is -12.1.